The molecular weight excluding hydrogens is 388 g/mol. The number of nitrogens with zero attached hydrogens (tertiary/aromatic N) is 4. The van der Waals surface area contributed by atoms with E-state index in [2.05, 4.69) is 11.0 Å². The molecule has 0 unspecified atom stereocenters. The monoisotopic (exact) mass is 412 g/mol. The van der Waals surface area contributed by atoms with Crippen LogP contribution in [0.25, 0.3) is 10.2 Å². The third kappa shape index (κ3) is 3.34. The van der Waals surface area contributed by atoms with Gasteiger partial charge >= 0.3 is 17.8 Å². The summed E-state index contributed by atoms with van der Waals surface area (Å²) in [6.45, 7) is 1.75. The number of fused-ring (bicyclic) bond motifs is 1. The van der Waals surface area contributed by atoms with Gasteiger partial charge < -0.3 is 0 Å². The van der Waals surface area contributed by atoms with Gasteiger partial charge in [0.2, 0.25) is 0 Å². The number of amides is 4. The number of likely N-dealkylation sites (tertiary alicyclic amines) is 1. The molecule has 1 aliphatic carbocycles. The first kappa shape index (κ1) is 18.7. The maximum absolute atomic E-state index is 12.8. The standard InChI is InChI=1S/C21H24N4O3S/c26-19-20(27)25(15-7-1-2-8-15)21(28)24(19)13-23-11-5-6-14(12-23)18-22-16-9-3-4-10-17(16)29-18/h3-4,9-10,14-15H,1-2,5-8,11-13H2/t14-/m1/s1. The highest BCUT2D eigenvalue weighted by atomic mass is 32.1. The van der Waals surface area contributed by atoms with E-state index in [1.54, 1.807) is 11.3 Å². The lowest BCUT2D eigenvalue weighted by Crippen LogP contribution is -2.46. The van der Waals surface area contributed by atoms with Crippen molar-refractivity contribution in [3.8, 4) is 0 Å². The number of thiazole rings is 1. The van der Waals surface area contributed by atoms with Gasteiger partial charge in [-0.25, -0.2) is 14.7 Å². The molecule has 1 atom stereocenters. The minimum absolute atomic E-state index is 0.110. The van der Waals surface area contributed by atoms with E-state index in [9.17, 15) is 14.4 Å². The summed E-state index contributed by atoms with van der Waals surface area (Å²) in [6.07, 6.45) is 5.66. The zero-order valence-electron chi connectivity index (χ0n) is 16.2. The lowest BCUT2D eigenvalue weighted by atomic mass is 9.99. The van der Waals surface area contributed by atoms with Gasteiger partial charge in [-0.05, 0) is 44.4 Å². The van der Waals surface area contributed by atoms with E-state index >= 15 is 0 Å². The van der Waals surface area contributed by atoms with E-state index in [0.29, 0.717) is 0 Å². The first-order valence-electron chi connectivity index (χ1n) is 10.4. The Labute approximate surface area is 173 Å². The van der Waals surface area contributed by atoms with Crippen molar-refractivity contribution in [3.63, 3.8) is 0 Å². The molecule has 0 spiro atoms. The SMILES string of the molecule is O=C1C(=O)N(C2CCCC2)C(=O)N1CN1CCC[C@@H](c2nc3ccccc3s2)C1. The minimum Gasteiger partial charge on any atom is -0.285 e. The molecule has 0 N–H and O–H groups in total. The Kier molecular flexibility index (Phi) is 4.83. The second kappa shape index (κ2) is 7.50. The molecule has 1 aromatic carbocycles. The normalized spacial score (nSPS) is 24.4. The molecule has 2 aliphatic heterocycles. The van der Waals surface area contributed by atoms with Gasteiger partial charge in [0.25, 0.3) is 0 Å². The highest BCUT2D eigenvalue weighted by Crippen LogP contribution is 2.33. The molecular formula is C21H24N4O3S. The first-order chi connectivity index (χ1) is 14.1. The number of benzene rings is 1. The topological polar surface area (TPSA) is 73.8 Å². The Morgan fingerprint density at radius 1 is 1.00 bits per heavy atom. The Morgan fingerprint density at radius 3 is 2.59 bits per heavy atom. The number of imide groups is 2. The fourth-order valence-electron chi connectivity index (χ4n) is 4.78. The van der Waals surface area contributed by atoms with Crippen molar-refractivity contribution in [2.75, 3.05) is 19.8 Å². The predicted octanol–water partition coefficient (Wildman–Crippen LogP) is 3.17. The second-order valence-corrected chi connectivity index (χ2v) is 9.27. The molecule has 2 aromatic rings. The number of para-hydroxylation sites is 1. The molecule has 0 radical (unpaired) electrons. The second-order valence-electron chi connectivity index (χ2n) is 8.21. The van der Waals surface area contributed by atoms with Crippen LogP contribution >= 0.6 is 11.3 Å². The summed E-state index contributed by atoms with van der Waals surface area (Å²) >= 11 is 1.72. The van der Waals surface area contributed by atoms with Gasteiger partial charge in [0, 0.05) is 18.5 Å². The number of piperidine rings is 1. The van der Waals surface area contributed by atoms with Crippen LogP contribution in [0.1, 0.15) is 49.5 Å². The average Bonchev–Trinajstić information content (AvgIpc) is 3.45. The van der Waals surface area contributed by atoms with Crippen molar-refractivity contribution >= 4 is 39.4 Å². The fourth-order valence-corrected chi connectivity index (χ4v) is 5.87. The largest absolute Gasteiger partial charge is 0.335 e. The number of rotatable bonds is 4. The van der Waals surface area contributed by atoms with Crippen LogP contribution in [-0.4, -0.2) is 63.3 Å². The molecule has 2 saturated heterocycles. The van der Waals surface area contributed by atoms with Crippen LogP contribution < -0.4 is 0 Å². The predicted molar refractivity (Wildman–Crippen MR) is 109 cm³/mol. The number of hydrogen-bond acceptors (Lipinski definition) is 6. The summed E-state index contributed by atoms with van der Waals surface area (Å²) in [5, 5.41) is 1.11. The molecule has 8 heteroatoms. The van der Waals surface area contributed by atoms with Gasteiger partial charge in [-0.2, -0.15) is 0 Å². The van der Waals surface area contributed by atoms with E-state index in [-0.39, 0.29) is 18.6 Å². The average molecular weight is 413 g/mol. The van der Waals surface area contributed by atoms with E-state index < -0.39 is 17.8 Å². The number of carbonyl (C=O) groups excluding carboxylic acids is 3. The van der Waals surface area contributed by atoms with E-state index in [1.807, 2.05) is 18.2 Å². The number of urea groups is 1. The number of aromatic nitrogens is 1. The van der Waals surface area contributed by atoms with Crippen LogP contribution in [-0.2, 0) is 9.59 Å². The van der Waals surface area contributed by atoms with Crippen LogP contribution in [0.5, 0.6) is 0 Å². The van der Waals surface area contributed by atoms with Crippen LogP contribution in [0.4, 0.5) is 4.79 Å². The Morgan fingerprint density at radius 2 is 1.79 bits per heavy atom. The smallest absolute Gasteiger partial charge is 0.285 e. The van der Waals surface area contributed by atoms with Crippen molar-refractivity contribution in [1.29, 1.82) is 0 Å². The highest BCUT2D eigenvalue weighted by Gasteiger charge is 2.48. The molecule has 3 heterocycles. The molecule has 1 aromatic heterocycles. The quantitative estimate of drug-likeness (QED) is 0.570. The molecule has 7 nitrogen and oxygen atoms in total. The van der Waals surface area contributed by atoms with Crippen molar-refractivity contribution in [1.82, 2.24) is 19.7 Å². The molecule has 152 valence electrons. The van der Waals surface area contributed by atoms with Crippen molar-refractivity contribution in [2.45, 2.75) is 50.5 Å². The van der Waals surface area contributed by atoms with Crippen molar-refractivity contribution in [3.05, 3.63) is 29.3 Å². The Balaban J connectivity index is 1.29. The van der Waals surface area contributed by atoms with Crippen LogP contribution in [0, 0.1) is 0 Å². The summed E-state index contributed by atoms with van der Waals surface area (Å²) in [5.74, 6) is -1.04. The van der Waals surface area contributed by atoms with E-state index in [4.69, 9.17) is 4.98 Å². The lowest BCUT2D eigenvalue weighted by molar-refractivity contribution is -0.144. The van der Waals surface area contributed by atoms with Crippen LogP contribution in [0.2, 0.25) is 0 Å². The summed E-state index contributed by atoms with van der Waals surface area (Å²) < 4.78 is 1.18. The maximum atomic E-state index is 12.8. The fraction of sp³-hybridized carbons (Fsp3) is 0.524. The Hall–Kier alpha value is -2.32. The van der Waals surface area contributed by atoms with Gasteiger partial charge in [0.1, 0.15) is 0 Å². The minimum atomic E-state index is -0.677. The molecule has 3 fully saturated rings. The Bertz CT molecular complexity index is 935. The molecule has 29 heavy (non-hydrogen) atoms. The van der Waals surface area contributed by atoms with Crippen LogP contribution in [0.3, 0.4) is 0 Å². The van der Waals surface area contributed by atoms with E-state index in [0.717, 1.165) is 67.0 Å². The zero-order valence-corrected chi connectivity index (χ0v) is 17.1. The molecule has 0 bridgehead atoms. The van der Waals surface area contributed by atoms with Gasteiger partial charge in [0.15, 0.2) is 0 Å². The summed E-state index contributed by atoms with van der Waals surface area (Å²) in [5.41, 5.74) is 1.02. The number of carbonyl (C=O) groups is 3. The summed E-state index contributed by atoms with van der Waals surface area (Å²) in [7, 11) is 0. The van der Waals surface area contributed by atoms with Gasteiger partial charge in [-0.15, -0.1) is 11.3 Å². The maximum Gasteiger partial charge on any atom is 0.335 e. The lowest BCUT2D eigenvalue weighted by Gasteiger charge is -2.33. The summed E-state index contributed by atoms with van der Waals surface area (Å²) in [6, 6.07) is 7.59. The van der Waals surface area contributed by atoms with Crippen molar-refractivity contribution in [2.24, 2.45) is 0 Å². The third-order valence-electron chi connectivity index (χ3n) is 6.28. The molecule has 5 rings (SSSR count). The van der Waals surface area contributed by atoms with Crippen molar-refractivity contribution < 1.29 is 14.4 Å². The molecule has 3 aliphatic rings. The molecule has 4 amide bonds. The van der Waals surface area contributed by atoms with Gasteiger partial charge in [0.05, 0.1) is 21.9 Å². The van der Waals surface area contributed by atoms with Gasteiger partial charge in [-0.3, -0.25) is 19.4 Å². The first-order valence-corrected chi connectivity index (χ1v) is 11.2. The zero-order chi connectivity index (χ0) is 20.0. The third-order valence-corrected chi connectivity index (χ3v) is 7.48. The van der Waals surface area contributed by atoms with E-state index in [1.165, 1.54) is 9.60 Å². The van der Waals surface area contributed by atoms with Crippen LogP contribution in [0.15, 0.2) is 24.3 Å². The number of hydrogen-bond donors (Lipinski definition) is 0. The summed E-state index contributed by atoms with van der Waals surface area (Å²) in [4.78, 5) is 47.0. The highest BCUT2D eigenvalue weighted by molar-refractivity contribution is 7.18. The van der Waals surface area contributed by atoms with Gasteiger partial charge in [-0.1, -0.05) is 25.0 Å². The molecule has 1 saturated carbocycles.